The lowest BCUT2D eigenvalue weighted by Crippen LogP contribution is -2.26. The zero-order valence-electron chi connectivity index (χ0n) is 18.0. The second kappa shape index (κ2) is 11.0. The number of nitro benzene ring substituents is 1. The zero-order chi connectivity index (χ0) is 25.7. The van der Waals surface area contributed by atoms with Gasteiger partial charge in [-0.05, 0) is 36.8 Å². The van der Waals surface area contributed by atoms with Crippen molar-refractivity contribution in [2.45, 2.75) is 23.5 Å². The van der Waals surface area contributed by atoms with Crippen molar-refractivity contribution in [3.05, 3.63) is 93.5 Å². The lowest BCUT2D eigenvalue weighted by Gasteiger charge is -2.16. The van der Waals surface area contributed by atoms with Gasteiger partial charge >= 0.3 is 0 Å². The highest BCUT2D eigenvalue weighted by Crippen LogP contribution is 2.30. The van der Waals surface area contributed by atoms with Gasteiger partial charge in [0.1, 0.15) is 5.69 Å². The molecule has 12 heteroatoms. The molecule has 0 aliphatic heterocycles. The van der Waals surface area contributed by atoms with Gasteiger partial charge in [0.2, 0.25) is 5.91 Å². The van der Waals surface area contributed by atoms with Crippen LogP contribution in [-0.4, -0.2) is 22.0 Å². The van der Waals surface area contributed by atoms with E-state index in [9.17, 15) is 37.3 Å². The topological polar surface area (TPSA) is 101 Å². The van der Waals surface area contributed by atoms with Crippen LogP contribution in [0.1, 0.15) is 23.7 Å². The summed E-state index contributed by atoms with van der Waals surface area (Å²) < 4.78 is 54.6. The average Bonchev–Trinajstić information content (AvgIpc) is 2.84. The maximum absolute atomic E-state index is 13.9. The Morgan fingerprint density at radius 3 is 2.17 bits per heavy atom. The van der Waals surface area contributed by atoms with Crippen molar-refractivity contribution in [2.24, 2.45) is 0 Å². The highest BCUT2D eigenvalue weighted by atomic mass is 32.2. The molecule has 0 bridgehead atoms. The van der Waals surface area contributed by atoms with Crippen molar-refractivity contribution in [3.63, 3.8) is 0 Å². The summed E-state index contributed by atoms with van der Waals surface area (Å²) in [6.45, 7) is 1.64. The molecule has 3 rings (SSSR count). The third-order valence-electron chi connectivity index (χ3n) is 4.73. The minimum Gasteiger partial charge on any atom is -0.322 e. The normalized spacial score (nSPS) is 11.6. The molecule has 0 aromatic heterocycles. The quantitative estimate of drug-likeness (QED) is 0.130. The van der Waals surface area contributed by atoms with E-state index in [1.807, 2.05) is 5.32 Å². The van der Waals surface area contributed by atoms with Gasteiger partial charge in [0.25, 0.3) is 11.6 Å². The molecule has 0 radical (unpaired) electrons. The summed E-state index contributed by atoms with van der Waals surface area (Å²) in [5.74, 6) is -8.11. The molecule has 0 saturated heterocycles. The summed E-state index contributed by atoms with van der Waals surface area (Å²) >= 11 is 1.01. The maximum Gasteiger partial charge on any atom is 0.269 e. The summed E-state index contributed by atoms with van der Waals surface area (Å²) in [6.07, 6.45) is 0.205. The zero-order valence-corrected chi connectivity index (χ0v) is 18.8. The molecule has 0 fully saturated rings. The van der Waals surface area contributed by atoms with Crippen molar-refractivity contribution >= 4 is 40.6 Å². The maximum atomic E-state index is 13.9. The number of carbonyl (C=O) groups excluding carboxylic acids is 2. The molecule has 2 N–H and O–H groups in total. The Hall–Kier alpha value is -3.93. The predicted octanol–water partition coefficient (Wildman–Crippen LogP) is 5.91. The van der Waals surface area contributed by atoms with Crippen LogP contribution in [0, 0.1) is 33.4 Å². The third-order valence-corrected chi connectivity index (χ3v) is 6.09. The summed E-state index contributed by atoms with van der Waals surface area (Å²) in [4.78, 5) is 35.7. The summed E-state index contributed by atoms with van der Waals surface area (Å²) in [7, 11) is 0. The second-order valence-corrected chi connectivity index (χ2v) is 8.41. The highest BCUT2D eigenvalue weighted by Gasteiger charge is 2.25. The SMILES string of the molecule is CCC(Sc1cccc(NC(=O)c2ccc([N+](=O)[O-])cc2)c1)C(=O)Nc1c(F)c(F)cc(F)c1F. The number of nitro groups is 1. The molecular formula is C23H17F4N3O4S. The van der Waals surface area contributed by atoms with Gasteiger partial charge in [-0.15, -0.1) is 11.8 Å². The first-order valence-electron chi connectivity index (χ1n) is 10.1. The summed E-state index contributed by atoms with van der Waals surface area (Å²) in [5, 5.41) is 14.4. The van der Waals surface area contributed by atoms with Crippen LogP contribution in [0.25, 0.3) is 0 Å². The highest BCUT2D eigenvalue weighted by molar-refractivity contribution is 8.00. The Bertz CT molecular complexity index is 1260. The fraction of sp³-hybridized carbons (Fsp3) is 0.130. The van der Waals surface area contributed by atoms with Crippen LogP contribution < -0.4 is 10.6 Å². The van der Waals surface area contributed by atoms with E-state index in [0.29, 0.717) is 10.6 Å². The standard InChI is InChI=1S/C23H17F4N3O4S/c1-2-18(23(32)29-21-19(26)16(24)11-17(25)20(21)27)35-15-5-3-4-13(10-15)28-22(31)12-6-8-14(9-7-12)30(33)34/h3-11,18H,2H2,1H3,(H,28,31)(H,29,32). The van der Waals surface area contributed by atoms with Crippen LogP contribution >= 0.6 is 11.8 Å². The largest absolute Gasteiger partial charge is 0.322 e. The number of hydrogen-bond acceptors (Lipinski definition) is 5. The van der Waals surface area contributed by atoms with E-state index in [0.717, 1.165) is 11.8 Å². The molecule has 0 aliphatic rings. The second-order valence-electron chi connectivity index (χ2n) is 7.13. The minimum atomic E-state index is -1.71. The number of thioether (sulfide) groups is 1. The van der Waals surface area contributed by atoms with Crippen LogP contribution in [-0.2, 0) is 4.79 Å². The molecule has 0 spiro atoms. The molecule has 2 amide bonds. The lowest BCUT2D eigenvalue weighted by atomic mass is 10.2. The van der Waals surface area contributed by atoms with Gasteiger partial charge in [-0.2, -0.15) is 0 Å². The van der Waals surface area contributed by atoms with E-state index >= 15 is 0 Å². The Morgan fingerprint density at radius 1 is 0.971 bits per heavy atom. The number of rotatable bonds is 8. The van der Waals surface area contributed by atoms with Gasteiger partial charge in [0.15, 0.2) is 23.3 Å². The van der Waals surface area contributed by atoms with Crippen LogP contribution in [0.3, 0.4) is 0 Å². The van der Waals surface area contributed by atoms with Gasteiger partial charge in [0, 0.05) is 34.3 Å². The number of hydrogen-bond donors (Lipinski definition) is 2. The number of amides is 2. The van der Waals surface area contributed by atoms with E-state index in [2.05, 4.69) is 5.32 Å². The Labute approximate surface area is 200 Å². The first-order chi connectivity index (χ1) is 16.6. The van der Waals surface area contributed by atoms with Gasteiger partial charge in [-0.1, -0.05) is 13.0 Å². The molecule has 35 heavy (non-hydrogen) atoms. The minimum absolute atomic E-state index is 0.0445. The molecule has 3 aromatic rings. The number of nitrogens with one attached hydrogen (secondary N) is 2. The van der Waals surface area contributed by atoms with Crippen molar-refractivity contribution in [1.29, 1.82) is 0 Å². The molecule has 1 atom stereocenters. The van der Waals surface area contributed by atoms with Crippen LogP contribution in [0.4, 0.5) is 34.6 Å². The fourth-order valence-corrected chi connectivity index (χ4v) is 3.97. The molecule has 3 aromatic carbocycles. The molecule has 0 heterocycles. The number of halogens is 4. The van der Waals surface area contributed by atoms with Crippen molar-refractivity contribution in [3.8, 4) is 0 Å². The molecule has 0 aliphatic carbocycles. The Balaban J connectivity index is 1.71. The fourth-order valence-electron chi connectivity index (χ4n) is 2.96. The number of nitrogens with zero attached hydrogens (tertiary/aromatic N) is 1. The lowest BCUT2D eigenvalue weighted by molar-refractivity contribution is -0.384. The summed E-state index contributed by atoms with van der Waals surface area (Å²) in [6, 6.07) is 11.4. The Kier molecular flexibility index (Phi) is 8.07. The van der Waals surface area contributed by atoms with Gasteiger partial charge in [0.05, 0.1) is 10.2 Å². The van der Waals surface area contributed by atoms with Crippen LogP contribution in [0.2, 0.25) is 0 Å². The van der Waals surface area contributed by atoms with Crippen LogP contribution in [0.5, 0.6) is 0 Å². The first kappa shape index (κ1) is 25.7. The number of non-ortho nitro benzene ring substituents is 1. The predicted molar refractivity (Wildman–Crippen MR) is 122 cm³/mol. The van der Waals surface area contributed by atoms with E-state index in [1.165, 1.54) is 24.3 Å². The van der Waals surface area contributed by atoms with Crippen molar-refractivity contribution < 1.29 is 32.1 Å². The smallest absolute Gasteiger partial charge is 0.269 e. The van der Waals surface area contributed by atoms with Gasteiger partial charge < -0.3 is 10.6 Å². The number of anilines is 2. The molecule has 182 valence electrons. The average molecular weight is 507 g/mol. The number of benzene rings is 3. The number of carbonyl (C=O) groups is 2. The van der Waals surface area contributed by atoms with E-state index in [-0.39, 0.29) is 23.7 Å². The third kappa shape index (κ3) is 6.15. The molecular weight excluding hydrogens is 490 g/mol. The van der Waals surface area contributed by atoms with Gasteiger partial charge in [-0.3, -0.25) is 19.7 Å². The van der Waals surface area contributed by atoms with Crippen molar-refractivity contribution in [2.75, 3.05) is 10.6 Å². The molecule has 7 nitrogen and oxygen atoms in total. The van der Waals surface area contributed by atoms with Crippen molar-refractivity contribution in [1.82, 2.24) is 0 Å². The first-order valence-corrected chi connectivity index (χ1v) is 10.9. The van der Waals surface area contributed by atoms with Crippen LogP contribution in [0.15, 0.2) is 59.5 Å². The van der Waals surface area contributed by atoms with E-state index in [1.54, 1.807) is 31.2 Å². The van der Waals surface area contributed by atoms with E-state index in [4.69, 9.17) is 0 Å². The Morgan fingerprint density at radius 2 is 1.60 bits per heavy atom. The monoisotopic (exact) mass is 507 g/mol. The summed E-state index contributed by atoms with van der Waals surface area (Å²) in [5.41, 5.74) is -0.830. The van der Waals surface area contributed by atoms with E-state index < -0.39 is 50.9 Å². The van der Waals surface area contributed by atoms with Gasteiger partial charge in [-0.25, -0.2) is 17.6 Å². The molecule has 0 saturated carbocycles. The molecule has 1 unspecified atom stereocenters.